The highest BCUT2D eigenvalue weighted by Crippen LogP contribution is 2.22. The van der Waals surface area contributed by atoms with E-state index >= 15 is 0 Å². The Labute approximate surface area is 704 Å². The Kier molecular flexibility index (Phi) is 58.4. The van der Waals surface area contributed by atoms with E-state index in [2.05, 4.69) is 0 Å². The van der Waals surface area contributed by atoms with Crippen LogP contribution >= 0.6 is 0 Å². The molecule has 0 aliphatic heterocycles. The molecule has 0 N–H and O–H groups in total. The molecule has 0 fully saturated rings. The molecule has 0 bridgehead atoms. The summed E-state index contributed by atoms with van der Waals surface area (Å²) in [6.45, 7) is 36.7. The van der Waals surface area contributed by atoms with Crippen LogP contribution < -0.4 is 68.3 Å². The zero-order chi connectivity index (χ0) is 90.3. The Balaban J connectivity index is 0.000000801. The third-order valence-electron chi connectivity index (χ3n) is 17.1. The van der Waals surface area contributed by atoms with Crippen LogP contribution in [0.25, 0.3) is 0 Å². The predicted molar refractivity (Wildman–Crippen MR) is 451 cm³/mol. The summed E-state index contributed by atoms with van der Waals surface area (Å²) >= 11 is 0. The van der Waals surface area contributed by atoms with Crippen molar-refractivity contribution in [1.29, 1.82) is 0 Å². The minimum absolute atomic E-state index is 0.0525. The van der Waals surface area contributed by atoms with Gasteiger partial charge in [0.05, 0.1) is 52.6 Å². The molecule has 696 valence electrons. The van der Waals surface area contributed by atoms with E-state index in [9.17, 15) is 57.5 Å². The van der Waals surface area contributed by atoms with Gasteiger partial charge in [-0.25, -0.2) is 112 Å². The fourth-order valence-electron chi connectivity index (χ4n) is 12.1. The SMILES string of the molecule is CCOCCn1c(=O)n(CCC[Si](OCC)(OCC)OCC)c(=O)n(CCOCC)c1=O.CCOCn1c(=O)n(CCC[Si](OCC)(OCC)OCC)c(=O)n(COCC)c1=O.CCO[Si](CCCn1c(=O)n(CCOC)c(=O)n(CCOC)c1=O)(OCC)OCC.CCO[Si](CCCn1c(=O)n(COC)c(=O)n(COC)c1=O)(OCC)OCC. The highest BCUT2D eigenvalue weighted by atomic mass is 28.4. The fourth-order valence-corrected chi connectivity index (χ4v) is 22.5. The van der Waals surface area contributed by atoms with Crippen LogP contribution in [0.15, 0.2) is 57.5 Å². The van der Waals surface area contributed by atoms with E-state index in [4.69, 9.17) is 91.0 Å². The predicted octanol–water partition coefficient (Wildman–Crippen LogP) is 1.00. The molecule has 44 nitrogen and oxygen atoms in total. The van der Waals surface area contributed by atoms with Gasteiger partial charge in [0.2, 0.25) is 0 Å². The van der Waals surface area contributed by atoms with Crippen LogP contribution in [-0.2, 0) is 170 Å². The van der Waals surface area contributed by atoms with Crippen molar-refractivity contribution in [2.75, 3.05) is 161 Å². The average molecular weight is 1800 g/mol. The van der Waals surface area contributed by atoms with Crippen LogP contribution in [0.1, 0.15) is 136 Å². The molecule has 0 spiro atoms. The van der Waals surface area contributed by atoms with Crippen molar-refractivity contribution in [3.8, 4) is 0 Å². The van der Waals surface area contributed by atoms with Gasteiger partial charge in [-0.15, -0.1) is 0 Å². The van der Waals surface area contributed by atoms with Crippen molar-refractivity contribution < 1.29 is 91.0 Å². The standard InChI is InChI=1S/C20H39N3O8Si.2C18H35N3O8Si.C16H31N3O8Si/c1-6-27-15-13-22-18(24)21(19(25)23(20(22)26)14-16-28-7-2)12-11-17-32(29-8-3,30-9-4)31-10-5;1-6-27-30(28-7-2,29-8-3)15-9-10-19-16(22)20(11-13-25-4)18(24)21(17(19)23)12-14-26-5;1-6-25-14-20-16(22)19(17(23)21(18(20)24)15-26-7-2)12-11-13-30(27-8-3,28-9-4)29-10-5;1-6-25-28(26-7-2,27-8-3)11-9-10-17-14(20)18(12-23-4)16(22)19(13-24-5)15(17)21/h6-17H2,1-5H3;2*6-15H2,1-5H3;6-13H2,1-5H3. The monoisotopic (exact) mass is 1800 g/mol. The lowest BCUT2D eigenvalue weighted by Gasteiger charge is -2.28. The third kappa shape index (κ3) is 35.0. The van der Waals surface area contributed by atoms with Crippen molar-refractivity contribution in [3.63, 3.8) is 0 Å². The summed E-state index contributed by atoms with van der Waals surface area (Å²) in [6.07, 6.45) is 1.66. The molecule has 0 saturated heterocycles. The molecular formula is C72H140N12O32Si4. The lowest BCUT2D eigenvalue weighted by molar-refractivity contribution is 0.0588. The van der Waals surface area contributed by atoms with Gasteiger partial charge in [-0.1, -0.05) is 0 Å². The van der Waals surface area contributed by atoms with Gasteiger partial charge in [0.15, 0.2) is 0 Å². The molecule has 4 aromatic rings. The molecule has 0 unspecified atom stereocenters. The van der Waals surface area contributed by atoms with Gasteiger partial charge in [-0.3, -0.25) is 0 Å². The lowest BCUT2D eigenvalue weighted by Crippen LogP contribution is -2.55. The zero-order valence-corrected chi connectivity index (χ0v) is 78.7. The number of aromatic nitrogens is 12. The molecular weight excluding hydrogens is 1660 g/mol. The van der Waals surface area contributed by atoms with E-state index in [0.717, 1.165) is 54.8 Å². The number of rotatable bonds is 64. The molecule has 0 saturated carbocycles. The molecule has 48 heteroatoms. The topological polar surface area (TPSA) is 449 Å². The summed E-state index contributed by atoms with van der Waals surface area (Å²) in [5, 5.41) is 0. The number of nitrogens with zero attached hydrogens (tertiary/aromatic N) is 12. The van der Waals surface area contributed by atoms with Gasteiger partial charge in [-0.05, 0) is 136 Å². The van der Waals surface area contributed by atoms with Gasteiger partial charge >= 0.3 is 103 Å². The van der Waals surface area contributed by atoms with Crippen LogP contribution in [-0.4, -0.2) is 251 Å². The van der Waals surface area contributed by atoms with E-state index in [1.165, 1.54) is 28.4 Å². The van der Waals surface area contributed by atoms with Crippen molar-refractivity contribution in [3.05, 3.63) is 126 Å². The fraction of sp³-hybridized carbons (Fsp3) is 0.833. The summed E-state index contributed by atoms with van der Waals surface area (Å²) in [5.41, 5.74) is -8.39. The first-order valence-electron chi connectivity index (χ1n) is 41.3. The zero-order valence-electron chi connectivity index (χ0n) is 74.7. The van der Waals surface area contributed by atoms with Crippen molar-refractivity contribution in [2.24, 2.45) is 0 Å². The van der Waals surface area contributed by atoms with Gasteiger partial charge < -0.3 is 91.0 Å². The summed E-state index contributed by atoms with van der Waals surface area (Å²) in [6, 6.07) is 1.77. The van der Waals surface area contributed by atoms with E-state index in [1.807, 2.05) is 96.9 Å². The van der Waals surface area contributed by atoms with Gasteiger partial charge in [0, 0.05) is 185 Å². The number of hydrogen-bond donors (Lipinski definition) is 0. The quantitative estimate of drug-likeness (QED) is 0.0439. The van der Waals surface area contributed by atoms with Gasteiger partial charge in [-0.2, -0.15) is 0 Å². The second-order valence-corrected chi connectivity index (χ2v) is 36.0. The first-order valence-corrected chi connectivity index (χ1v) is 49.1. The van der Waals surface area contributed by atoms with E-state index < -0.39 is 103 Å². The van der Waals surface area contributed by atoms with E-state index in [1.54, 1.807) is 13.8 Å². The molecule has 0 radical (unpaired) electrons. The number of ether oxygens (including phenoxy) is 8. The van der Waals surface area contributed by atoms with Crippen LogP contribution in [0.2, 0.25) is 24.2 Å². The molecule has 4 aromatic heterocycles. The Morgan fingerprint density at radius 2 is 0.342 bits per heavy atom. The molecule has 0 atom stereocenters. The Hall–Kier alpha value is -6.29. The second kappa shape index (κ2) is 62.8. The molecule has 120 heavy (non-hydrogen) atoms. The van der Waals surface area contributed by atoms with Crippen LogP contribution in [0.3, 0.4) is 0 Å². The van der Waals surface area contributed by atoms with Crippen molar-refractivity contribution in [1.82, 2.24) is 54.8 Å². The molecule has 0 aliphatic carbocycles. The highest BCUT2D eigenvalue weighted by Gasteiger charge is 2.43. The average Bonchev–Trinajstić information content (AvgIpc) is 0.799. The van der Waals surface area contributed by atoms with Crippen LogP contribution in [0.4, 0.5) is 0 Å². The highest BCUT2D eigenvalue weighted by molar-refractivity contribution is 6.61. The van der Waals surface area contributed by atoms with E-state index in [0.29, 0.717) is 156 Å². The molecule has 0 amide bonds. The summed E-state index contributed by atoms with van der Waals surface area (Å²) in [4.78, 5) is 153. The second-order valence-electron chi connectivity index (χ2n) is 25.1. The summed E-state index contributed by atoms with van der Waals surface area (Å²) in [7, 11) is -5.94. The largest absolute Gasteiger partial charge is 0.500 e. The van der Waals surface area contributed by atoms with E-state index in [-0.39, 0.29) is 106 Å². The van der Waals surface area contributed by atoms with Crippen LogP contribution in [0, 0.1) is 0 Å². The Morgan fingerprint density at radius 1 is 0.183 bits per heavy atom. The minimum Gasteiger partial charge on any atom is -0.383 e. The van der Waals surface area contributed by atoms with Crippen molar-refractivity contribution >= 4 is 35.2 Å². The summed E-state index contributed by atoms with van der Waals surface area (Å²) < 4.78 is 122. The Morgan fingerprint density at radius 3 is 0.508 bits per heavy atom. The maximum atomic E-state index is 13.0. The lowest BCUT2D eigenvalue weighted by atomic mass is 10.4. The normalized spacial score (nSPS) is 11.9. The van der Waals surface area contributed by atoms with Crippen molar-refractivity contribution in [2.45, 2.75) is 240 Å². The first kappa shape index (κ1) is 112. The smallest absolute Gasteiger partial charge is 0.383 e. The van der Waals surface area contributed by atoms with Crippen LogP contribution in [0.5, 0.6) is 0 Å². The minimum atomic E-state index is -2.91. The molecule has 4 rings (SSSR count). The molecule has 0 aliphatic rings. The third-order valence-corrected chi connectivity index (χ3v) is 29.7. The Bertz CT molecular complexity index is 3900. The molecule has 4 heterocycles. The number of hydrogen-bond acceptors (Lipinski definition) is 32. The maximum Gasteiger partial charge on any atom is 0.500 e. The van der Waals surface area contributed by atoms with Gasteiger partial charge in [0.25, 0.3) is 0 Å². The maximum absolute atomic E-state index is 13.0. The first-order chi connectivity index (χ1) is 57.6. The molecule has 0 aromatic carbocycles. The number of methoxy groups -OCH3 is 4. The van der Waals surface area contributed by atoms with Gasteiger partial charge in [0.1, 0.15) is 26.9 Å². The summed E-state index contributed by atoms with van der Waals surface area (Å²) in [5.74, 6) is 0.